The van der Waals surface area contributed by atoms with Gasteiger partial charge in [-0.1, -0.05) is 13.8 Å². The van der Waals surface area contributed by atoms with Gasteiger partial charge in [0.1, 0.15) is 23.2 Å². The molecule has 1 heterocycles. The van der Waals surface area contributed by atoms with Crippen LogP contribution < -0.4 is 15.0 Å². The number of methoxy groups -OCH3 is 1. The van der Waals surface area contributed by atoms with Crippen molar-refractivity contribution in [2.24, 2.45) is 0 Å². The van der Waals surface area contributed by atoms with Crippen LogP contribution in [-0.2, 0) is 0 Å². The summed E-state index contributed by atoms with van der Waals surface area (Å²) in [5.74, 6) is 3.64. The maximum absolute atomic E-state index is 5.19. The van der Waals surface area contributed by atoms with Crippen molar-refractivity contribution in [2.45, 2.75) is 19.8 Å². The molecule has 0 aliphatic heterocycles. The molecule has 5 heteroatoms. The van der Waals surface area contributed by atoms with Crippen LogP contribution in [0, 0.1) is 0 Å². The molecule has 1 aromatic carbocycles. The van der Waals surface area contributed by atoms with Crippen LogP contribution in [0.3, 0.4) is 0 Å². The SMILES string of the molecule is CNc1cc(N(C)c2ccc(OC)cc2)nc(C(C)C)n1. The van der Waals surface area contributed by atoms with Crippen molar-refractivity contribution in [3.63, 3.8) is 0 Å². The summed E-state index contributed by atoms with van der Waals surface area (Å²) in [7, 11) is 5.52. The molecule has 5 nitrogen and oxygen atoms in total. The quantitative estimate of drug-likeness (QED) is 0.912. The molecule has 2 rings (SSSR count). The first kappa shape index (κ1) is 15.1. The highest BCUT2D eigenvalue weighted by molar-refractivity contribution is 5.62. The standard InChI is InChI=1S/C16H22N4O/c1-11(2)16-18-14(17-3)10-15(19-16)20(4)12-6-8-13(21-5)9-7-12/h6-11H,1-5H3,(H,17,18,19). The van der Waals surface area contributed by atoms with Crippen LogP contribution in [0.1, 0.15) is 25.6 Å². The topological polar surface area (TPSA) is 50.3 Å². The van der Waals surface area contributed by atoms with Gasteiger partial charge in [-0.25, -0.2) is 9.97 Å². The first-order valence-electron chi connectivity index (χ1n) is 6.99. The summed E-state index contributed by atoms with van der Waals surface area (Å²) in [6.07, 6.45) is 0. The van der Waals surface area contributed by atoms with Crippen LogP contribution >= 0.6 is 0 Å². The largest absolute Gasteiger partial charge is 0.497 e. The molecule has 0 fully saturated rings. The number of nitrogens with zero attached hydrogens (tertiary/aromatic N) is 3. The van der Waals surface area contributed by atoms with Gasteiger partial charge in [0.2, 0.25) is 0 Å². The molecule has 1 aromatic heterocycles. The third-order valence-corrected chi connectivity index (χ3v) is 3.31. The van der Waals surface area contributed by atoms with Crippen molar-refractivity contribution >= 4 is 17.3 Å². The van der Waals surface area contributed by atoms with Crippen molar-refractivity contribution in [2.75, 3.05) is 31.4 Å². The molecule has 1 N–H and O–H groups in total. The van der Waals surface area contributed by atoms with Gasteiger partial charge < -0.3 is 15.0 Å². The Bertz CT molecular complexity index is 596. The second-order valence-electron chi connectivity index (χ2n) is 5.13. The lowest BCUT2D eigenvalue weighted by molar-refractivity contribution is 0.415. The first-order valence-corrected chi connectivity index (χ1v) is 6.99. The lowest BCUT2D eigenvalue weighted by atomic mass is 10.2. The Morgan fingerprint density at radius 2 is 1.81 bits per heavy atom. The van der Waals surface area contributed by atoms with E-state index >= 15 is 0 Å². The number of benzene rings is 1. The third kappa shape index (κ3) is 3.42. The van der Waals surface area contributed by atoms with E-state index in [9.17, 15) is 0 Å². The van der Waals surface area contributed by atoms with Gasteiger partial charge >= 0.3 is 0 Å². The maximum atomic E-state index is 5.19. The molecule has 0 aliphatic carbocycles. The number of hydrogen-bond donors (Lipinski definition) is 1. The second-order valence-corrected chi connectivity index (χ2v) is 5.13. The van der Waals surface area contributed by atoms with Gasteiger partial charge in [0.05, 0.1) is 7.11 Å². The average molecular weight is 286 g/mol. The molecule has 0 bridgehead atoms. The van der Waals surface area contributed by atoms with Gasteiger partial charge in [-0.2, -0.15) is 0 Å². The van der Waals surface area contributed by atoms with Crippen LogP contribution in [0.25, 0.3) is 0 Å². The van der Waals surface area contributed by atoms with Crippen LogP contribution in [0.4, 0.5) is 17.3 Å². The molecule has 112 valence electrons. The number of rotatable bonds is 5. The zero-order chi connectivity index (χ0) is 15.4. The van der Waals surface area contributed by atoms with Crippen LogP contribution in [-0.4, -0.2) is 31.2 Å². The minimum atomic E-state index is 0.279. The highest BCUT2D eigenvalue weighted by Gasteiger charge is 2.12. The van der Waals surface area contributed by atoms with Gasteiger partial charge in [0.15, 0.2) is 0 Å². The number of hydrogen-bond acceptors (Lipinski definition) is 5. The molecular weight excluding hydrogens is 264 g/mol. The first-order chi connectivity index (χ1) is 10.0. The van der Waals surface area contributed by atoms with Gasteiger partial charge in [-0.15, -0.1) is 0 Å². The van der Waals surface area contributed by atoms with E-state index in [2.05, 4.69) is 29.1 Å². The van der Waals surface area contributed by atoms with Crippen LogP contribution in [0.2, 0.25) is 0 Å². The van der Waals surface area contributed by atoms with Gasteiger partial charge in [-0.05, 0) is 24.3 Å². The third-order valence-electron chi connectivity index (χ3n) is 3.31. The summed E-state index contributed by atoms with van der Waals surface area (Å²) in [5.41, 5.74) is 1.05. The van der Waals surface area contributed by atoms with E-state index in [1.54, 1.807) is 7.11 Å². The fraction of sp³-hybridized carbons (Fsp3) is 0.375. The van der Waals surface area contributed by atoms with E-state index in [0.717, 1.165) is 28.9 Å². The van der Waals surface area contributed by atoms with Crippen molar-refractivity contribution in [1.82, 2.24) is 9.97 Å². The number of ether oxygens (including phenoxy) is 1. The molecular formula is C16H22N4O. The molecule has 0 saturated carbocycles. The van der Waals surface area contributed by atoms with Gasteiger partial charge in [0.25, 0.3) is 0 Å². The summed E-state index contributed by atoms with van der Waals surface area (Å²) >= 11 is 0. The lowest BCUT2D eigenvalue weighted by Gasteiger charge is -2.20. The van der Waals surface area contributed by atoms with Crippen LogP contribution in [0.15, 0.2) is 30.3 Å². The minimum absolute atomic E-state index is 0.279. The van der Waals surface area contributed by atoms with Crippen molar-refractivity contribution in [1.29, 1.82) is 0 Å². The van der Waals surface area contributed by atoms with E-state index < -0.39 is 0 Å². The Morgan fingerprint density at radius 1 is 1.14 bits per heavy atom. The second kappa shape index (κ2) is 6.43. The van der Waals surface area contributed by atoms with Crippen molar-refractivity contribution in [3.05, 3.63) is 36.2 Å². The molecule has 0 amide bonds. The zero-order valence-electron chi connectivity index (χ0n) is 13.2. The van der Waals surface area contributed by atoms with Gasteiger partial charge in [-0.3, -0.25) is 0 Å². The van der Waals surface area contributed by atoms with E-state index in [0.29, 0.717) is 0 Å². The monoisotopic (exact) mass is 286 g/mol. The van der Waals surface area contributed by atoms with Crippen molar-refractivity contribution < 1.29 is 4.74 Å². The normalized spacial score (nSPS) is 10.6. The molecule has 21 heavy (non-hydrogen) atoms. The molecule has 0 aliphatic rings. The van der Waals surface area contributed by atoms with E-state index in [4.69, 9.17) is 4.74 Å². The maximum Gasteiger partial charge on any atom is 0.138 e. The fourth-order valence-electron chi connectivity index (χ4n) is 1.95. The summed E-state index contributed by atoms with van der Waals surface area (Å²) in [4.78, 5) is 11.2. The molecule has 0 atom stereocenters. The highest BCUT2D eigenvalue weighted by Crippen LogP contribution is 2.26. The molecule has 0 radical (unpaired) electrons. The number of aromatic nitrogens is 2. The smallest absolute Gasteiger partial charge is 0.138 e. The minimum Gasteiger partial charge on any atom is -0.497 e. The summed E-state index contributed by atoms with van der Waals surface area (Å²) in [5, 5.41) is 3.09. The predicted octanol–water partition coefficient (Wildman–Crippen LogP) is 3.42. The Balaban J connectivity index is 2.36. The highest BCUT2D eigenvalue weighted by atomic mass is 16.5. The zero-order valence-corrected chi connectivity index (χ0v) is 13.2. The molecule has 0 spiro atoms. The van der Waals surface area contributed by atoms with Gasteiger partial charge in [0, 0.05) is 31.8 Å². The Hall–Kier alpha value is -2.30. The van der Waals surface area contributed by atoms with E-state index in [1.165, 1.54) is 0 Å². The van der Waals surface area contributed by atoms with Crippen molar-refractivity contribution in [3.8, 4) is 5.75 Å². The molecule has 0 saturated heterocycles. The van der Waals surface area contributed by atoms with E-state index in [-0.39, 0.29) is 5.92 Å². The Morgan fingerprint density at radius 3 is 2.33 bits per heavy atom. The lowest BCUT2D eigenvalue weighted by Crippen LogP contribution is -2.14. The average Bonchev–Trinajstić information content (AvgIpc) is 2.53. The summed E-state index contributed by atoms with van der Waals surface area (Å²) in [6.45, 7) is 4.18. The van der Waals surface area contributed by atoms with E-state index in [1.807, 2.05) is 49.3 Å². The summed E-state index contributed by atoms with van der Waals surface area (Å²) in [6, 6.07) is 9.84. The number of nitrogens with one attached hydrogen (secondary N) is 1. The Kier molecular flexibility index (Phi) is 4.62. The predicted molar refractivity (Wildman–Crippen MR) is 86.7 cm³/mol. The van der Waals surface area contributed by atoms with Crippen LogP contribution in [0.5, 0.6) is 5.75 Å². The molecule has 0 unspecified atom stereocenters. The fourth-order valence-corrected chi connectivity index (χ4v) is 1.95. The molecule has 2 aromatic rings. The Labute approximate surface area is 126 Å². The summed E-state index contributed by atoms with van der Waals surface area (Å²) < 4.78 is 5.19. The number of anilines is 3.